The zero-order valence-electron chi connectivity index (χ0n) is 22.9. The fourth-order valence-corrected chi connectivity index (χ4v) is 5.52. The van der Waals surface area contributed by atoms with Gasteiger partial charge < -0.3 is 23.7 Å². The SMILES string of the molecule is COc1ccc(-c2nc3c4c(ncn3n2)Oc2c(ccc3ccccc23)C4c2ccc(OC)c(OC)c2)cc1OC. The monoisotopic (exact) mass is 546 g/mol. The van der Waals surface area contributed by atoms with Crippen LogP contribution in [0.2, 0.25) is 0 Å². The molecule has 2 aromatic heterocycles. The second kappa shape index (κ2) is 9.71. The number of hydrogen-bond acceptors (Lipinski definition) is 8. The van der Waals surface area contributed by atoms with Crippen molar-refractivity contribution in [3.63, 3.8) is 0 Å². The van der Waals surface area contributed by atoms with Gasteiger partial charge >= 0.3 is 0 Å². The van der Waals surface area contributed by atoms with E-state index in [4.69, 9.17) is 38.8 Å². The number of aromatic nitrogens is 4. The number of ether oxygens (including phenoxy) is 5. The first-order chi connectivity index (χ1) is 20.1. The molecule has 3 heterocycles. The first kappa shape index (κ1) is 24.7. The summed E-state index contributed by atoms with van der Waals surface area (Å²) in [7, 11) is 6.47. The molecule has 9 heteroatoms. The molecule has 0 fully saturated rings. The molecule has 1 aliphatic heterocycles. The average Bonchev–Trinajstić information content (AvgIpc) is 3.47. The highest BCUT2D eigenvalue weighted by Crippen LogP contribution is 2.51. The maximum atomic E-state index is 6.55. The highest BCUT2D eigenvalue weighted by atomic mass is 16.5. The highest BCUT2D eigenvalue weighted by molar-refractivity contribution is 5.91. The molecule has 0 saturated heterocycles. The number of benzene rings is 4. The van der Waals surface area contributed by atoms with Crippen LogP contribution in [-0.4, -0.2) is 48.0 Å². The van der Waals surface area contributed by atoms with E-state index < -0.39 is 0 Å². The van der Waals surface area contributed by atoms with Crippen molar-refractivity contribution >= 4 is 16.4 Å². The summed E-state index contributed by atoms with van der Waals surface area (Å²) in [5, 5.41) is 6.86. The maximum absolute atomic E-state index is 6.55. The van der Waals surface area contributed by atoms with Gasteiger partial charge in [0.2, 0.25) is 5.88 Å². The summed E-state index contributed by atoms with van der Waals surface area (Å²) in [6, 6.07) is 23.9. The number of hydrogen-bond donors (Lipinski definition) is 0. The summed E-state index contributed by atoms with van der Waals surface area (Å²) in [5.74, 6) is 4.01. The summed E-state index contributed by atoms with van der Waals surface area (Å²) < 4.78 is 30.4. The topological polar surface area (TPSA) is 89.2 Å². The number of rotatable bonds is 6. The van der Waals surface area contributed by atoms with Crippen LogP contribution in [0.15, 0.2) is 79.1 Å². The van der Waals surface area contributed by atoms with Gasteiger partial charge in [-0.15, -0.1) is 5.10 Å². The van der Waals surface area contributed by atoms with E-state index >= 15 is 0 Å². The van der Waals surface area contributed by atoms with E-state index in [0.717, 1.165) is 38.8 Å². The fourth-order valence-electron chi connectivity index (χ4n) is 5.52. The van der Waals surface area contributed by atoms with Crippen LogP contribution in [0.3, 0.4) is 0 Å². The third-order valence-electron chi connectivity index (χ3n) is 7.48. The Morgan fingerprint density at radius 2 is 1.49 bits per heavy atom. The van der Waals surface area contributed by atoms with Crippen molar-refractivity contribution < 1.29 is 23.7 Å². The van der Waals surface area contributed by atoms with Gasteiger partial charge in [-0.1, -0.05) is 42.5 Å². The predicted octanol–water partition coefficient (Wildman–Crippen LogP) is 6.26. The molecule has 0 bridgehead atoms. The Hall–Kier alpha value is -5.31. The molecule has 7 rings (SSSR count). The molecule has 41 heavy (non-hydrogen) atoms. The highest BCUT2D eigenvalue weighted by Gasteiger charge is 2.35. The molecule has 1 unspecified atom stereocenters. The Kier molecular flexibility index (Phi) is 5.85. The van der Waals surface area contributed by atoms with E-state index in [9.17, 15) is 0 Å². The smallest absolute Gasteiger partial charge is 0.228 e. The van der Waals surface area contributed by atoms with E-state index in [1.54, 1.807) is 39.3 Å². The number of nitrogens with zero attached hydrogens (tertiary/aromatic N) is 4. The number of fused-ring (bicyclic) bond motifs is 6. The molecule has 1 atom stereocenters. The standard InChI is InChI=1S/C32H26N4O5/c1-37-23-13-10-19(15-25(23)39-3)27-22-12-9-18-7-5-6-8-21(18)29(22)41-32-28(27)31-34-30(35-36(31)17-33-32)20-11-14-24(38-2)26(16-20)40-4/h5-17,27H,1-4H3. The molecule has 9 nitrogen and oxygen atoms in total. The molecule has 0 radical (unpaired) electrons. The van der Waals surface area contributed by atoms with Gasteiger partial charge in [0.25, 0.3) is 0 Å². The maximum Gasteiger partial charge on any atom is 0.228 e. The quantitative estimate of drug-likeness (QED) is 0.241. The van der Waals surface area contributed by atoms with Crippen molar-refractivity contribution in [1.29, 1.82) is 0 Å². The van der Waals surface area contributed by atoms with E-state index in [1.807, 2.05) is 48.5 Å². The van der Waals surface area contributed by atoms with Gasteiger partial charge in [-0.05, 0) is 41.3 Å². The molecule has 0 spiro atoms. The van der Waals surface area contributed by atoms with Crippen molar-refractivity contribution in [3.05, 3.63) is 95.8 Å². The third-order valence-corrected chi connectivity index (χ3v) is 7.48. The van der Waals surface area contributed by atoms with Crippen LogP contribution in [-0.2, 0) is 0 Å². The summed E-state index contributed by atoms with van der Waals surface area (Å²) in [6.45, 7) is 0. The van der Waals surface area contributed by atoms with Crippen molar-refractivity contribution in [3.8, 4) is 46.0 Å². The predicted molar refractivity (Wildman–Crippen MR) is 154 cm³/mol. The van der Waals surface area contributed by atoms with Gasteiger partial charge in [0.1, 0.15) is 12.1 Å². The molecular weight excluding hydrogens is 520 g/mol. The zero-order valence-corrected chi connectivity index (χ0v) is 22.9. The first-order valence-electron chi connectivity index (χ1n) is 13.0. The van der Waals surface area contributed by atoms with Crippen molar-refractivity contribution in [2.75, 3.05) is 28.4 Å². The van der Waals surface area contributed by atoms with Gasteiger partial charge in [-0.3, -0.25) is 0 Å². The lowest BCUT2D eigenvalue weighted by Gasteiger charge is -2.29. The minimum absolute atomic E-state index is 0.267. The zero-order chi connectivity index (χ0) is 28.1. The molecule has 0 N–H and O–H groups in total. The van der Waals surface area contributed by atoms with Crippen LogP contribution in [0.5, 0.6) is 34.6 Å². The van der Waals surface area contributed by atoms with E-state index in [2.05, 4.69) is 24.3 Å². The van der Waals surface area contributed by atoms with E-state index in [1.165, 1.54) is 0 Å². The van der Waals surface area contributed by atoms with Crippen LogP contribution < -0.4 is 23.7 Å². The van der Waals surface area contributed by atoms with Gasteiger partial charge in [-0.2, -0.15) is 0 Å². The van der Waals surface area contributed by atoms with Crippen LogP contribution >= 0.6 is 0 Å². The normalized spacial score (nSPS) is 13.8. The fraction of sp³-hybridized carbons (Fsp3) is 0.156. The summed E-state index contributed by atoms with van der Waals surface area (Å²) >= 11 is 0. The Labute approximate surface area is 235 Å². The minimum atomic E-state index is -0.267. The third kappa shape index (κ3) is 3.88. The molecule has 0 amide bonds. The summed E-state index contributed by atoms with van der Waals surface area (Å²) in [6.07, 6.45) is 1.63. The Morgan fingerprint density at radius 3 is 2.27 bits per heavy atom. The number of methoxy groups -OCH3 is 4. The largest absolute Gasteiger partial charge is 0.493 e. The van der Waals surface area contributed by atoms with Gasteiger partial charge in [0, 0.05) is 22.4 Å². The van der Waals surface area contributed by atoms with Crippen molar-refractivity contribution in [2.24, 2.45) is 0 Å². The van der Waals surface area contributed by atoms with Crippen LogP contribution in [0.25, 0.3) is 27.8 Å². The Morgan fingerprint density at radius 1 is 0.756 bits per heavy atom. The Balaban J connectivity index is 1.47. The second-order valence-electron chi connectivity index (χ2n) is 9.59. The van der Waals surface area contributed by atoms with Gasteiger partial charge in [-0.25, -0.2) is 14.5 Å². The molecule has 4 aromatic carbocycles. The molecule has 0 aliphatic carbocycles. The second-order valence-corrected chi connectivity index (χ2v) is 9.59. The van der Waals surface area contributed by atoms with Gasteiger partial charge in [0.15, 0.2) is 34.5 Å². The van der Waals surface area contributed by atoms with Crippen molar-refractivity contribution in [1.82, 2.24) is 19.6 Å². The Bertz CT molecular complexity index is 1950. The lowest BCUT2D eigenvalue weighted by atomic mass is 9.82. The first-order valence-corrected chi connectivity index (χ1v) is 13.0. The van der Waals surface area contributed by atoms with Crippen LogP contribution in [0, 0.1) is 0 Å². The summed E-state index contributed by atoms with van der Waals surface area (Å²) in [4.78, 5) is 9.70. The lowest BCUT2D eigenvalue weighted by molar-refractivity contribution is 0.354. The molecule has 1 aliphatic rings. The van der Waals surface area contributed by atoms with Gasteiger partial charge in [0.05, 0.1) is 34.0 Å². The average molecular weight is 547 g/mol. The van der Waals surface area contributed by atoms with Crippen molar-refractivity contribution in [2.45, 2.75) is 5.92 Å². The van der Waals surface area contributed by atoms with E-state index in [-0.39, 0.29) is 5.92 Å². The van der Waals surface area contributed by atoms with E-state index in [0.29, 0.717) is 40.3 Å². The van der Waals surface area contributed by atoms with Crippen LogP contribution in [0.1, 0.15) is 22.6 Å². The lowest BCUT2D eigenvalue weighted by Crippen LogP contribution is -2.15. The molecule has 204 valence electrons. The summed E-state index contributed by atoms with van der Waals surface area (Å²) in [5.41, 5.74) is 4.20. The molecular formula is C32H26N4O5. The van der Waals surface area contributed by atoms with Crippen LogP contribution in [0.4, 0.5) is 0 Å². The minimum Gasteiger partial charge on any atom is -0.493 e. The molecule has 6 aromatic rings. The molecule has 0 saturated carbocycles.